The van der Waals surface area contributed by atoms with E-state index in [4.69, 9.17) is 0 Å². The zero-order valence-electron chi connectivity index (χ0n) is 11.1. The highest BCUT2D eigenvalue weighted by Gasteiger charge is 2.39. The van der Waals surface area contributed by atoms with Gasteiger partial charge in [-0.05, 0) is 50.0 Å². The Kier molecular flexibility index (Phi) is 3.43. The fourth-order valence-corrected chi connectivity index (χ4v) is 3.34. The normalized spacial score (nSPS) is 30.4. The first kappa shape index (κ1) is 12.4. The molecule has 94 valence electrons. The van der Waals surface area contributed by atoms with Crippen molar-refractivity contribution < 1.29 is 5.11 Å². The van der Waals surface area contributed by atoms with Gasteiger partial charge in [-0.15, -0.1) is 0 Å². The van der Waals surface area contributed by atoms with Crippen LogP contribution in [0.1, 0.15) is 32.3 Å². The van der Waals surface area contributed by atoms with E-state index < -0.39 is 0 Å². The minimum absolute atomic E-state index is 0.241. The lowest BCUT2D eigenvalue weighted by Crippen LogP contribution is -2.47. The van der Waals surface area contributed by atoms with Crippen molar-refractivity contribution in [2.75, 3.05) is 20.1 Å². The lowest BCUT2D eigenvalue weighted by Gasteiger charge is -2.46. The number of hydrogen-bond donors (Lipinski definition) is 1. The SMILES string of the molecule is CC[C@@]1(c2cccc(O)c2)CCN(C)C[C@@H]1C. The van der Waals surface area contributed by atoms with E-state index in [1.807, 2.05) is 12.1 Å². The topological polar surface area (TPSA) is 23.5 Å². The van der Waals surface area contributed by atoms with Gasteiger partial charge in [0.1, 0.15) is 5.75 Å². The summed E-state index contributed by atoms with van der Waals surface area (Å²) >= 11 is 0. The van der Waals surface area contributed by atoms with Crippen molar-refractivity contribution in [1.82, 2.24) is 4.90 Å². The molecule has 0 saturated carbocycles. The lowest BCUT2D eigenvalue weighted by atomic mass is 9.65. The number of phenols is 1. The van der Waals surface area contributed by atoms with E-state index in [9.17, 15) is 5.11 Å². The van der Waals surface area contributed by atoms with Crippen LogP contribution >= 0.6 is 0 Å². The first-order valence-corrected chi connectivity index (χ1v) is 6.56. The molecule has 1 N–H and O–H groups in total. The number of aromatic hydroxyl groups is 1. The summed E-state index contributed by atoms with van der Waals surface area (Å²) < 4.78 is 0. The number of hydrogen-bond acceptors (Lipinski definition) is 2. The quantitative estimate of drug-likeness (QED) is 0.848. The Morgan fingerprint density at radius 1 is 1.47 bits per heavy atom. The van der Waals surface area contributed by atoms with Crippen molar-refractivity contribution in [3.63, 3.8) is 0 Å². The van der Waals surface area contributed by atoms with Crippen LogP contribution < -0.4 is 0 Å². The van der Waals surface area contributed by atoms with Gasteiger partial charge in [0, 0.05) is 12.0 Å². The van der Waals surface area contributed by atoms with Crippen LogP contribution in [0.2, 0.25) is 0 Å². The molecule has 1 aliphatic heterocycles. The number of rotatable bonds is 2. The predicted molar refractivity (Wildman–Crippen MR) is 71.4 cm³/mol. The van der Waals surface area contributed by atoms with E-state index >= 15 is 0 Å². The molecule has 2 rings (SSSR count). The van der Waals surface area contributed by atoms with Gasteiger partial charge in [-0.25, -0.2) is 0 Å². The van der Waals surface area contributed by atoms with Crippen LogP contribution in [0.15, 0.2) is 24.3 Å². The highest BCUT2D eigenvalue weighted by atomic mass is 16.3. The second-order valence-electron chi connectivity index (χ2n) is 5.47. The molecule has 0 bridgehead atoms. The van der Waals surface area contributed by atoms with E-state index in [-0.39, 0.29) is 5.41 Å². The van der Waals surface area contributed by atoms with Gasteiger partial charge >= 0.3 is 0 Å². The molecule has 0 amide bonds. The third-order valence-electron chi connectivity index (χ3n) is 4.52. The van der Waals surface area contributed by atoms with Gasteiger partial charge in [-0.3, -0.25) is 0 Å². The number of nitrogens with zero attached hydrogens (tertiary/aromatic N) is 1. The molecule has 0 aromatic heterocycles. The van der Waals surface area contributed by atoms with E-state index in [0.717, 1.165) is 19.5 Å². The van der Waals surface area contributed by atoms with E-state index in [2.05, 4.69) is 31.9 Å². The molecule has 0 spiro atoms. The molecule has 0 radical (unpaired) electrons. The molecular formula is C15H23NO. The first-order chi connectivity index (χ1) is 8.08. The van der Waals surface area contributed by atoms with Gasteiger partial charge < -0.3 is 10.0 Å². The van der Waals surface area contributed by atoms with Crippen molar-refractivity contribution in [1.29, 1.82) is 0 Å². The molecule has 2 atom stereocenters. The van der Waals surface area contributed by atoms with Gasteiger partial charge in [-0.1, -0.05) is 26.0 Å². The van der Waals surface area contributed by atoms with Crippen molar-refractivity contribution in [3.05, 3.63) is 29.8 Å². The second kappa shape index (κ2) is 4.69. The maximum atomic E-state index is 9.68. The molecule has 1 aliphatic rings. The maximum Gasteiger partial charge on any atom is 0.115 e. The summed E-state index contributed by atoms with van der Waals surface area (Å²) in [5.74, 6) is 1.02. The van der Waals surface area contributed by atoms with Crippen LogP contribution in [0.5, 0.6) is 5.75 Å². The van der Waals surface area contributed by atoms with Gasteiger partial charge in [0.2, 0.25) is 0 Å². The molecule has 1 aromatic rings. The average Bonchev–Trinajstić information content (AvgIpc) is 2.30. The second-order valence-corrected chi connectivity index (χ2v) is 5.47. The number of piperidine rings is 1. The lowest BCUT2D eigenvalue weighted by molar-refractivity contribution is 0.117. The summed E-state index contributed by atoms with van der Waals surface area (Å²) in [5, 5.41) is 9.68. The minimum Gasteiger partial charge on any atom is -0.508 e. The predicted octanol–water partition coefficient (Wildman–Crippen LogP) is 3.01. The smallest absolute Gasteiger partial charge is 0.115 e. The summed E-state index contributed by atoms with van der Waals surface area (Å²) in [6.45, 7) is 6.90. The number of likely N-dealkylation sites (tertiary alicyclic amines) is 1. The third kappa shape index (κ3) is 2.19. The number of benzene rings is 1. The Morgan fingerprint density at radius 2 is 2.24 bits per heavy atom. The van der Waals surface area contributed by atoms with Gasteiger partial charge in [0.05, 0.1) is 0 Å². The summed E-state index contributed by atoms with van der Waals surface area (Å²) in [7, 11) is 2.19. The summed E-state index contributed by atoms with van der Waals surface area (Å²) in [4.78, 5) is 2.40. The van der Waals surface area contributed by atoms with Gasteiger partial charge in [0.25, 0.3) is 0 Å². The molecule has 0 aliphatic carbocycles. The largest absolute Gasteiger partial charge is 0.508 e. The van der Waals surface area contributed by atoms with Crippen LogP contribution in [-0.2, 0) is 5.41 Å². The molecule has 1 saturated heterocycles. The van der Waals surface area contributed by atoms with Crippen LogP contribution in [0.25, 0.3) is 0 Å². The molecule has 2 heteroatoms. The van der Waals surface area contributed by atoms with E-state index in [1.54, 1.807) is 6.07 Å². The van der Waals surface area contributed by atoms with Crippen LogP contribution in [0.3, 0.4) is 0 Å². The van der Waals surface area contributed by atoms with Crippen molar-refractivity contribution in [2.45, 2.75) is 32.1 Å². The van der Waals surface area contributed by atoms with Crippen molar-refractivity contribution >= 4 is 0 Å². The first-order valence-electron chi connectivity index (χ1n) is 6.56. The molecule has 17 heavy (non-hydrogen) atoms. The molecule has 2 nitrogen and oxygen atoms in total. The zero-order valence-corrected chi connectivity index (χ0v) is 11.1. The Bertz CT molecular complexity index is 390. The van der Waals surface area contributed by atoms with Gasteiger partial charge in [0.15, 0.2) is 0 Å². The van der Waals surface area contributed by atoms with Gasteiger partial charge in [-0.2, -0.15) is 0 Å². The fraction of sp³-hybridized carbons (Fsp3) is 0.600. The average molecular weight is 233 g/mol. The van der Waals surface area contributed by atoms with Crippen LogP contribution in [0, 0.1) is 5.92 Å². The van der Waals surface area contributed by atoms with E-state index in [0.29, 0.717) is 11.7 Å². The Balaban J connectivity index is 2.37. The van der Waals surface area contributed by atoms with Crippen molar-refractivity contribution in [2.24, 2.45) is 5.92 Å². The molecule has 1 aromatic carbocycles. The molecule has 1 heterocycles. The molecular weight excluding hydrogens is 210 g/mol. The van der Waals surface area contributed by atoms with Crippen molar-refractivity contribution in [3.8, 4) is 5.75 Å². The zero-order chi connectivity index (χ0) is 12.5. The third-order valence-corrected chi connectivity index (χ3v) is 4.52. The summed E-state index contributed by atoms with van der Waals surface area (Å²) in [6.07, 6.45) is 2.33. The highest BCUT2D eigenvalue weighted by molar-refractivity contribution is 5.34. The molecule has 0 unspecified atom stereocenters. The van der Waals surface area contributed by atoms with E-state index in [1.165, 1.54) is 12.0 Å². The maximum absolute atomic E-state index is 9.68. The standard InChI is InChI=1S/C15H23NO/c1-4-15(8-9-16(3)11-12(15)2)13-6-5-7-14(17)10-13/h5-7,10,12,17H,4,8-9,11H2,1-3H3/t12-,15+/m0/s1. The summed E-state index contributed by atoms with van der Waals surface area (Å²) in [6, 6.07) is 7.84. The monoisotopic (exact) mass is 233 g/mol. The van der Waals surface area contributed by atoms with Crippen LogP contribution in [0.4, 0.5) is 0 Å². The summed E-state index contributed by atoms with van der Waals surface area (Å²) in [5.41, 5.74) is 1.55. The Labute approximate surface area is 104 Å². The Hall–Kier alpha value is -1.02. The Morgan fingerprint density at radius 3 is 2.82 bits per heavy atom. The van der Waals surface area contributed by atoms with Crippen LogP contribution in [-0.4, -0.2) is 30.1 Å². The highest BCUT2D eigenvalue weighted by Crippen LogP contribution is 2.42. The fourth-order valence-electron chi connectivity index (χ4n) is 3.34. The molecule has 1 fully saturated rings. The number of phenolic OH excluding ortho intramolecular Hbond substituents is 1. The minimum atomic E-state index is 0.241.